The number of sulfonamides is 2. The molecule has 152 valence electrons. The zero-order valence-corrected chi connectivity index (χ0v) is 17.2. The highest BCUT2D eigenvalue weighted by atomic mass is 32.2. The summed E-state index contributed by atoms with van der Waals surface area (Å²) in [6.45, 7) is 1.50. The molecular formula is C16H14N4O6S3. The average molecular weight is 455 g/mol. The minimum absolute atomic E-state index is 0.0818. The lowest BCUT2D eigenvalue weighted by molar-refractivity contribution is -0.385. The molecule has 0 aliphatic rings. The van der Waals surface area contributed by atoms with Gasteiger partial charge in [0.2, 0.25) is 0 Å². The number of aromatic nitrogens is 1. The molecule has 0 bridgehead atoms. The Hall–Kier alpha value is -3.03. The summed E-state index contributed by atoms with van der Waals surface area (Å²) in [4.78, 5) is 13.8. The number of anilines is 2. The van der Waals surface area contributed by atoms with Gasteiger partial charge in [0.25, 0.3) is 25.7 Å². The highest BCUT2D eigenvalue weighted by molar-refractivity contribution is 7.93. The van der Waals surface area contributed by atoms with Gasteiger partial charge < -0.3 is 0 Å². The molecule has 10 nitrogen and oxygen atoms in total. The average Bonchev–Trinajstić information content (AvgIpc) is 3.14. The number of nitro groups is 1. The first kappa shape index (κ1) is 20.7. The predicted octanol–water partition coefficient (Wildman–Crippen LogP) is 2.96. The molecule has 3 aromatic rings. The van der Waals surface area contributed by atoms with Crippen LogP contribution in [0.5, 0.6) is 0 Å². The molecule has 0 radical (unpaired) electrons. The lowest BCUT2D eigenvalue weighted by Crippen LogP contribution is -2.15. The van der Waals surface area contributed by atoms with Crippen molar-refractivity contribution in [3.05, 3.63) is 69.7 Å². The number of benzene rings is 2. The Bertz CT molecular complexity index is 1250. The van der Waals surface area contributed by atoms with Gasteiger partial charge in [-0.1, -0.05) is 6.07 Å². The van der Waals surface area contributed by atoms with Crippen LogP contribution in [0.15, 0.2) is 63.8 Å². The molecule has 2 aromatic carbocycles. The summed E-state index contributed by atoms with van der Waals surface area (Å²) in [6.07, 6.45) is 1.45. The molecule has 0 fully saturated rings. The Kier molecular flexibility index (Phi) is 5.55. The van der Waals surface area contributed by atoms with Gasteiger partial charge in [-0.3, -0.25) is 19.6 Å². The van der Waals surface area contributed by atoms with E-state index in [1.54, 1.807) is 5.38 Å². The zero-order chi connectivity index (χ0) is 21.2. The molecule has 0 atom stereocenters. The first-order valence-corrected chi connectivity index (χ1v) is 11.7. The van der Waals surface area contributed by atoms with Gasteiger partial charge in [0.15, 0.2) is 5.13 Å². The zero-order valence-electron chi connectivity index (χ0n) is 14.8. The number of nitrogens with one attached hydrogen (secondary N) is 2. The van der Waals surface area contributed by atoms with Gasteiger partial charge in [-0.25, -0.2) is 21.8 Å². The molecule has 29 heavy (non-hydrogen) atoms. The van der Waals surface area contributed by atoms with E-state index in [2.05, 4.69) is 14.4 Å². The summed E-state index contributed by atoms with van der Waals surface area (Å²) in [6, 6.07) is 8.56. The quantitative estimate of drug-likeness (QED) is 0.412. The van der Waals surface area contributed by atoms with Gasteiger partial charge in [-0.15, -0.1) is 11.3 Å². The molecule has 0 spiro atoms. The van der Waals surface area contributed by atoms with Gasteiger partial charge in [0, 0.05) is 28.9 Å². The standard InChI is InChI=1S/C16H14N4O6S3/c1-11-2-5-14(10-15(11)20(21)22)29(25,26)18-12-3-6-13(7-4-12)28(23,24)19-16-17-8-9-27-16/h2-10,18H,1H3,(H,17,19). The van der Waals surface area contributed by atoms with E-state index in [9.17, 15) is 26.9 Å². The Balaban J connectivity index is 1.82. The third-order valence-corrected chi connectivity index (χ3v) is 7.31. The Morgan fingerprint density at radius 1 is 0.966 bits per heavy atom. The van der Waals surface area contributed by atoms with E-state index < -0.39 is 25.0 Å². The monoisotopic (exact) mass is 454 g/mol. The maximum absolute atomic E-state index is 12.5. The van der Waals surface area contributed by atoms with Crippen LogP contribution < -0.4 is 9.44 Å². The predicted molar refractivity (Wildman–Crippen MR) is 108 cm³/mol. The normalized spacial score (nSPS) is 11.8. The Morgan fingerprint density at radius 2 is 1.59 bits per heavy atom. The van der Waals surface area contributed by atoms with Crippen LogP contribution in [0.25, 0.3) is 0 Å². The van der Waals surface area contributed by atoms with Gasteiger partial charge in [-0.2, -0.15) is 0 Å². The van der Waals surface area contributed by atoms with Crippen molar-refractivity contribution in [3.8, 4) is 0 Å². The molecule has 13 heteroatoms. The van der Waals surface area contributed by atoms with Crippen molar-refractivity contribution in [3.63, 3.8) is 0 Å². The van der Waals surface area contributed by atoms with Crippen LogP contribution in [0.3, 0.4) is 0 Å². The molecule has 0 saturated heterocycles. The molecule has 1 heterocycles. The first-order valence-electron chi connectivity index (χ1n) is 7.89. The fourth-order valence-corrected chi connectivity index (χ4v) is 5.18. The van der Waals surface area contributed by atoms with Crippen LogP contribution in [-0.2, 0) is 20.0 Å². The van der Waals surface area contributed by atoms with Crippen molar-refractivity contribution < 1.29 is 21.8 Å². The van der Waals surface area contributed by atoms with Crippen LogP contribution in [0.1, 0.15) is 5.56 Å². The van der Waals surface area contributed by atoms with E-state index in [1.165, 1.54) is 49.5 Å². The van der Waals surface area contributed by atoms with Crippen LogP contribution in [0, 0.1) is 17.0 Å². The van der Waals surface area contributed by atoms with Crippen LogP contribution in [0.2, 0.25) is 0 Å². The summed E-state index contributed by atoms with van der Waals surface area (Å²) >= 11 is 1.12. The van der Waals surface area contributed by atoms with E-state index in [-0.39, 0.29) is 26.3 Å². The molecule has 0 unspecified atom stereocenters. The second-order valence-corrected chi connectivity index (χ2v) is 10.0. The van der Waals surface area contributed by atoms with Crippen molar-refractivity contribution in [2.24, 2.45) is 0 Å². The van der Waals surface area contributed by atoms with Gasteiger partial charge in [-0.05, 0) is 37.3 Å². The topological polar surface area (TPSA) is 148 Å². The van der Waals surface area contributed by atoms with Crippen molar-refractivity contribution in [1.82, 2.24) is 4.98 Å². The largest absolute Gasteiger partial charge is 0.280 e. The number of hydrogen-bond acceptors (Lipinski definition) is 8. The third kappa shape index (κ3) is 4.70. The van der Waals surface area contributed by atoms with Gasteiger partial charge in [0.05, 0.1) is 14.7 Å². The highest BCUT2D eigenvalue weighted by Crippen LogP contribution is 2.25. The number of thiazole rings is 1. The van der Waals surface area contributed by atoms with Gasteiger partial charge in [0.1, 0.15) is 0 Å². The van der Waals surface area contributed by atoms with Crippen molar-refractivity contribution in [2.45, 2.75) is 16.7 Å². The minimum atomic E-state index is -4.10. The number of hydrogen-bond donors (Lipinski definition) is 2. The van der Waals surface area contributed by atoms with Crippen molar-refractivity contribution in [1.29, 1.82) is 0 Å². The summed E-state index contributed by atoms with van der Waals surface area (Å²) in [7, 11) is -7.97. The SMILES string of the molecule is Cc1ccc(S(=O)(=O)Nc2ccc(S(=O)(=O)Nc3nccs3)cc2)cc1[N+](=O)[O-]. The molecular weight excluding hydrogens is 440 g/mol. The first-order chi connectivity index (χ1) is 13.6. The fraction of sp³-hybridized carbons (Fsp3) is 0.0625. The van der Waals surface area contributed by atoms with Crippen LogP contribution in [0.4, 0.5) is 16.5 Å². The molecule has 2 N–H and O–H groups in total. The number of nitrogens with zero attached hydrogens (tertiary/aromatic N) is 2. The molecule has 0 aliphatic heterocycles. The number of nitro benzene ring substituents is 1. The third-order valence-electron chi connectivity index (χ3n) is 3.76. The van der Waals surface area contributed by atoms with E-state index in [0.29, 0.717) is 5.56 Å². The maximum Gasteiger partial charge on any atom is 0.273 e. The van der Waals surface area contributed by atoms with E-state index in [0.717, 1.165) is 17.4 Å². The number of aryl methyl sites for hydroxylation is 1. The van der Waals surface area contributed by atoms with Crippen molar-refractivity contribution in [2.75, 3.05) is 9.44 Å². The summed E-state index contributed by atoms with van der Waals surface area (Å²) < 4.78 is 54.2. The summed E-state index contributed by atoms with van der Waals surface area (Å²) in [5, 5.41) is 12.8. The molecule has 3 rings (SSSR count). The smallest absolute Gasteiger partial charge is 0.273 e. The fourth-order valence-electron chi connectivity index (χ4n) is 2.32. The van der Waals surface area contributed by atoms with E-state index in [1.807, 2.05) is 0 Å². The molecule has 1 aromatic heterocycles. The highest BCUT2D eigenvalue weighted by Gasteiger charge is 2.21. The van der Waals surface area contributed by atoms with Crippen molar-refractivity contribution >= 4 is 47.9 Å². The van der Waals surface area contributed by atoms with E-state index in [4.69, 9.17) is 0 Å². The Morgan fingerprint density at radius 3 is 2.17 bits per heavy atom. The van der Waals surface area contributed by atoms with E-state index >= 15 is 0 Å². The van der Waals surface area contributed by atoms with Crippen LogP contribution in [-0.4, -0.2) is 26.7 Å². The second kappa shape index (κ2) is 7.77. The van der Waals surface area contributed by atoms with Gasteiger partial charge >= 0.3 is 0 Å². The summed E-state index contributed by atoms with van der Waals surface area (Å²) in [5.41, 5.74) is 0.111. The lowest BCUT2D eigenvalue weighted by Gasteiger charge is -2.10. The number of rotatable bonds is 7. The summed E-state index contributed by atoms with van der Waals surface area (Å²) in [5.74, 6) is 0. The molecule has 0 amide bonds. The second-order valence-electron chi connectivity index (χ2n) is 5.78. The molecule has 0 saturated carbocycles. The minimum Gasteiger partial charge on any atom is -0.280 e. The lowest BCUT2D eigenvalue weighted by atomic mass is 10.2. The molecule has 0 aliphatic carbocycles. The maximum atomic E-state index is 12.5. The Labute approximate surface area is 170 Å². The van der Waals surface area contributed by atoms with Crippen LogP contribution >= 0.6 is 11.3 Å².